The molecule has 0 spiro atoms. The minimum atomic E-state index is -0.660. The Balaban J connectivity index is 2.60. The average Bonchev–Trinajstić information content (AvgIpc) is 2.14. The summed E-state index contributed by atoms with van der Waals surface area (Å²) in [6, 6.07) is 6.64. The maximum absolute atomic E-state index is 11.7. The van der Waals surface area contributed by atoms with Gasteiger partial charge in [0.25, 0.3) is 0 Å². The largest absolute Gasteiger partial charge is 0.459 e. The third-order valence-electron chi connectivity index (χ3n) is 2.05. The smallest absolute Gasteiger partial charge is 0.323 e. The summed E-state index contributed by atoms with van der Waals surface area (Å²) in [4.78, 5) is 11.7. The van der Waals surface area contributed by atoms with Gasteiger partial charge in [-0.2, -0.15) is 0 Å². The number of rotatable bonds is 3. The van der Waals surface area contributed by atoms with E-state index >= 15 is 0 Å². The quantitative estimate of drug-likeness (QED) is 0.845. The van der Waals surface area contributed by atoms with Crippen molar-refractivity contribution < 1.29 is 9.53 Å². The predicted octanol–water partition coefficient (Wildman–Crippen LogP) is 2.55. The van der Waals surface area contributed by atoms with Crippen LogP contribution in [0.25, 0.3) is 0 Å². The summed E-state index contributed by atoms with van der Waals surface area (Å²) >= 11 is 5.86. The number of benzene rings is 1. The fraction of sp³-hybridized carbons (Fsp3) is 0.462. The molecule has 94 valence electrons. The van der Waals surface area contributed by atoms with E-state index in [1.807, 2.05) is 32.9 Å². The highest BCUT2D eigenvalue weighted by atomic mass is 35.5. The molecule has 1 aromatic rings. The molecule has 2 N–H and O–H groups in total. The summed E-state index contributed by atoms with van der Waals surface area (Å²) in [6.45, 7) is 5.45. The van der Waals surface area contributed by atoms with Gasteiger partial charge < -0.3 is 10.5 Å². The molecular formula is C13H18ClNO2. The van der Waals surface area contributed by atoms with Crippen LogP contribution >= 0.6 is 11.6 Å². The van der Waals surface area contributed by atoms with Gasteiger partial charge in [0.2, 0.25) is 0 Å². The standard InChI is InChI=1S/C13H18ClNO2/c1-13(2,3)17-12(16)11(15)8-9-5-4-6-10(14)7-9/h4-7,11H,8,15H2,1-3H3/t11-/m1/s1. The van der Waals surface area contributed by atoms with Gasteiger partial charge in [-0.1, -0.05) is 23.7 Å². The van der Waals surface area contributed by atoms with Crippen LogP contribution in [-0.4, -0.2) is 17.6 Å². The highest BCUT2D eigenvalue weighted by molar-refractivity contribution is 6.30. The number of ether oxygens (including phenoxy) is 1. The molecule has 1 atom stereocenters. The first kappa shape index (κ1) is 14.0. The van der Waals surface area contributed by atoms with Gasteiger partial charge >= 0.3 is 5.97 Å². The minimum absolute atomic E-state index is 0.391. The van der Waals surface area contributed by atoms with E-state index in [0.717, 1.165) is 5.56 Å². The van der Waals surface area contributed by atoms with E-state index in [-0.39, 0.29) is 0 Å². The van der Waals surface area contributed by atoms with Crippen molar-refractivity contribution in [3.05, 3.63) is 34.9 Å². The maximum atomic E-state index is 11.7. The lowest BCUT2D eigenvalue weighted by molar-refractivity contribution is -0.156. The number of halogens is 1. The van der Waals surface area contributed by atoms with E-state index in [0.29, 0.717) is 11.4 Å². The Hall–Kier alpha value is -1.06. The van der Waals surface area contributed by atoms with E-state index in [1.54, 1.807) is 12.1 Å². The molecule has 0 saturated carbocycles. The number of esters is 1. The SMILES string of the molecule is CC(C)(C)OC(=O)[C@H](N)Cc1cccc(Cl)c1. The molecule has 1 aromatic carbocycles. The topological polar surface area (TPSA) is 52.3 Å². The van der Waals surface area contributed by atoms with Crippen molar-refractivity contribution in [1.29, 1.82) is 0 Å². The molecule has 0 amide bonds. The molecule has 0 bridgehead atoms. The number of hydrogen-bond acceptors (Lipinski definition) is 3. The molecule has 0 aromatic heterocycles. The molecule has 1 rings (SSSR count). The highest BCUT2D eigenvalue weighted by Crippen LogP contribution is 2.13. The molecule has 17 heavy (non-hydrogen) atoms. The molecule has 0 aliphatic rings. The molecule has 0 fully saturated rings. The number of hydrogen-bond donors (Lipinski definition) is 1. The zero-order chi connectivity index (χ0) is 13.1. The lowest BCUT2D eigenvalue weighted by atomic mass is 10.1. The Morgan fingerprint density at radius 1 is 1.47 bits per heavy atom. The van der Waals surface area contributed by atoms with Gasteiger partial charge in [0.15, 0.2) is 0 Å². The van der Waals surface area contributed by atoms with Crippen molar-refractivity contribution in [2.24, 2.45) is 5.73 Å². The maximum Gasteiger partial charge on any atom is 0.323 e. The summed E-state index contributed by atoms with van der Waals surface area (Å²) in [5.74, 6) is -0.391. The van der Waals surface area contributed by atoms with E-state index in [2.05, 4.69) is 0 Å². The summed E-state index contributed by atoms with van der Waals surface area (Å²) in [5, 5.41) is 0.638. The molecule has 0 aliphatic heterocycles. The lowest BCUT2D eigenvalue weighted by Crippen LogP contribution is -2.38. The van der Waals surface area contributed by atoms with Crippen LogP contribution in [0.1, 0.15) is 26.3 Å². The van der Waals surface area contributed by atoms with Crippen LogP contribution in [0.15, 0.2) is 24.3 Å². The zero-order valence-corrected chi connectivity index (χ0v) is 11.1. The molecule has 0 radical (unpaired) electrons. The van der Waals surface area contributed by atoms with Gasteiger partial charge in [-0.15, -0.1) is 0 Å². The minimum Gasteiger partial charge on any atom is -0.459 e. The number of carbonyl (C=O) groups is 1. The van der Waals surface area contributed by atoms with Gasteiger partial charge in [0.1, 0.15) is 11.6 Å². The lowest BCUT2D eigenvalue weighted by Gasteiger charge is -2.22. The first-order valence-corrected chi connectivity index (χ1v) is 5.88. The van der Waals surface area contributed by atoms with Crippen LogP contribution in [0.2, 0.25) is 5.02 Å². The van der Waals surface area contributed by atoms with Gasteiger partial charge in [-0.25, -0.2) is 0 Å². The van der Waals surface area contributed by atoms with Crippen molar-refractivity contribution in [1.82, 2.24) is 0 Å². The van der Waals surface area contributed by atoms with Crippen LogP contribution in [-0.2, 0) is 16.0 Å². The average molecular weight is 256 g/mol. The second-order valence-corrected chi connectivity index (χ2v) is 5.41. The first-order valence-electron chi connectivity index (χ1n) is 5.51. The van der Waals surface area contributed by atoms with E-state index in [9.17, 15) is 4.79 Å². The van der Waals surface area contributed by atoms with Crippen LogP contribution in [0.5, 0.6) is 0 Å². The second-order valence-electron chi connectivity index (χ2n) is 4.97. The Bertz CT molecular complexity index is 399. The van der Waals surface area contributed by atoms with Crippen molar-refractivity contribution in [2.75, 3.05) is 0 Å². The molecule has 0 heterocycles. The van der Waals surface area contributed by atoms with Gasteiger partial charge in [-0.3, -0.25) is 4.79 Å². The second kappa shape index (κ2) is 5.52. The molecule has 4 heteroatoms. The Labute approximate surface area is 107 Å². The van der Waals surface area contributed by atoms with Crippen LogP contribution < -0.4 is 5.73 Å². The Kier molecular flexibility index (Phi) is 4.54. The third kappa shape index (κ3) is 5.20. The highest BCUT2D eigenvalue weighted by Gasteiger charge is 2.22. The summed E-state index contributed by atoms with van der Waals surface area (Å²) < 4.78 is 5.21. The third-order valence-corrected chi connectivity index (χ3v) is 2.29. The van der Waals surface area contributed by atoms with Gasteiger partial charge in [-0.05, 0) is 44.9 Å². The van der Waals surface area contributed by atoms with Crippen molar-refractivity contribution in [3.63, 3.8) is 0 Å². The van der Waals surface area contributed by atoms with E-state index in [1.165, 1.54) is 0 Å². The fourth-order valence-electron chi connectivity index (χ4n) is 1.38. The van der Waals surface area contributed by atoms with Crippen LogP contribution in [0.3, 0.4) is 0 Å². The van der Waals surface area contributed by atoms with Crippen LogP contribution in [0.4, 0.5) is 0 Å². The fourth-order valence-corrected chi connectivity index (χ4v) is 1.59. The number of carbonyl (C=O) groups excluding carboxylic acids is 1. The van der Waals surface area contributed by atoms with E-state index in [4.69, 9.17) is 22.1 Å². The van der Waals surface area contributed by atoms with Crippen molar-refractivity contribution in [3.8, 4) is 0 Å². The molecule has 0 saturated heterocycles. The molecular weight excluding hydrogens is 238 g/mol. The van der Waals surface area contributed by atoms with Gasteiger partial charge in [0.05, 0.1) is 0 Å². The Morgan fingerprint density at radius 3 is 2.65 bits per heavy atom. The Morgan fingerprint density at radius 2 is 2.12 bits per heavy atom. The molecule has 0 aliphatic carbocycles. The molecule has 3 nitrogen and oxygen atoms in total. The summed E-state index contributed by atoms with van der Waals surface area (Å²) in [6.07, 6.45) is 0.426. The molecule has 0 unspecified atom stereocenters. The summed E-state index contributed by atoms with van der Waals surface area (Å²) in [7, 11) is 0. The monoisotopic (exact) mass is 255 g/mol. The normalized spacial score (nSPS) is 13.2. The first-order chi connectivity index (χ1) is 7.78. The number of nitrogens with two attached hydrogens (primary N) is 1. The summed E-state index contributed by atoms with van der Waals surface area (Å²) in [5.41, 5.74) is 6.20. The van der Waals surface area contributed by atoms with Crippen molar-refractivity contribution in [2.45, 2.75) is 38.8 Å². The van der Waals surface area contributed by atoms with Crippen molar-refractivity contribution >= 4 is 17.6 Å². The van der Waals surface area contributed by atoms with Gasteiger partial charge in [0, 0.05) is 5.02 Å². The predicted molar refractivity (Wildman–Crippen MR) is 69.0 cm³/mol. The zero-order valence-electron chi connectivity index (χ0n) is 10.4. The van der Waals surface area contributed by atoms with Crippen LogP contribution in [0, 0.1) is 0 Å². The van der Waals surface area contributed by atoms with E-state index < -0.39 is 17.6 Å².